The van der Waals surface area contributed by atoms with Gasteiger partial charge in [0.1, 0.15) is 0 Å². The molecule has 1 unspecified atom stereocenters. The van der Waals surface area contributed by atoms with Crippen LogP contribution in [-0.4, -0.2) is 35.7 Å². The third kappa shape index (κ3) is 2.08. The molecule has 0 spiro atoms. The van der Waals surface area contributed by atoms with E-state index in [0.717, 1.165) is 5.56 Å². The molecule has 1 heterocycles. The minimum absolute atomic E-state index is 0.0850. The van der Waals surface area contributed by atoms with Crippen molar-refractivity contribution in [3.05, 3.63) is 23.8 Å². The van der Waals surface area contributed by atoms with Crippen LogP contribution >= 0.6 is 0 Å². The molecule has 98 valence electrons. The van der Waals surface area contributed by atoms with E-state index in [0.29, 0.717) is 18.3 Å². The van der Waals surface area contributed by atoms with Gasteiger partial charge in [0.15, 0.2) is 17.5 Å². The molecule has 0 amide bonds. The van der Waals surface area contributed by atoms with Crippen LogP contribution in [0.15, 0.2) is 23.2 Å². The highest BCUT2D eigenvalue weighted by atomic mass is 16.5. The van der Waals surface area contributed by atoms with Crippen LogP contribution in [0.1, 0.15) is 25.5 Å². The second-order valence-corrected chi connectivity index (χ2v) is 4.65. The van der Waals surface area contributed by atoms with Gasteiger partial charge in [0.25, 0.3) is 0 Å². The molecule has 5 heteroatoms. The van der Waals surface area contributed by atoms with Gasteiger partial charge in [-0.1, -0.05) is 6.07 Å². The first-order valence-electron chi connectivity index (χ1n) is 5.99. The summed E-state index contributed by atoms with van der Waals surface area (Å²) in [5, 5.41) is 9.83. The highest BCUT2D eigenvalue weighted by molar-refractivity contribution is 5.80. The van der Waals surface area contributed by atoms with Crippen LogP contribution < -0.4 is 10.5 Å². The molecule has 3 N–H and O–H groups in total. The number of nitrogens with zero attached hydrogens (tertiary/aromatic N) is 2. The lowest BCUT2D eigenvalue weighted by Gasteiger charge is -2.30. The Labute approximate surface area is 107 Å². The van der Waals surface area contributed by atoms with Crippen LogP contribution in [-0.2, 0) is 0 Å². The first-order valence-corrected chi connectivity index (χ1v) is 5.99. The Hall–Kier alpha value is -1.91. The summed E-state index contributed by atoms with van der Waals surface area (Å²) in [6.07, 6.45) is 0. The highest BCUT2D eigenvalue weighted by Crippen LogP contribution is 2.33. The van der Waals surface area contributed by atoms with E-state index in [1.165, 1.54) is 7.11 Å². The normalized spacial score (nSPS) is 19.2. The molecule has 1 aliphatic heterocycles. The molecule has 1 atom stereocenters. The largest absolute Gasteiger partial charge is 0.504 e. The number of phenolic OH excluding ortho intramolecular Hbond substituents is 1. The molecule has 0 radical (unpaired) electrons. The number of benzene rings is 1. The zero-order valence-corrected chi connectivity index (χ0v) is 10.9. The number of rotatable bonds is 3. The number of guanidine groups is 1. The van der Waals surface area contributed by atoms with Gasteiger partial charge in [-0.05, 0) is 31.5 Å². The van der Waals surface area contributed by atoms with Crippen molar-refractivity contribution in [1.29, 1.82) is 0 Å². The van der Waals surface area contributed by atoms with Crippen molar-refractivity contribution in [3.8, 4) is 11.5 Å². The molecule has 0 bridgehead atoms. The third-order valence-electron chi connectivity index (χ3n) is 3.17. The van der Waals surface area contributed by atoms with Gasteiger partial charge in [0.05, 0.1) is 19.7 Å². The van der Waals surface area contributed by atoms with Crippen LogP contribution in [0.2, 0.25) is 0 Å². The number of hydrogen-bond acceptors (Lipinski definition) is 5. The number of phenols is 1. The molecular weight excluding hydrogens is 230 g/mol. The molecule has 0 fully saturated rings. The summed E-state index contributed by atoms with van der Waals surface area (Å²) in [4.78, 5) is 6.33. The number of methoxy groups -OCH3 is 1. The zero-order chi connectivity index (χ0) is 13.3. The van der Waals surface area contributed by atoms with Crippen molar-refractivity contribution in [3.63, 3.8) is 0 Å². The Bertz CT molecular complexity index is 471. The smallest absolute Gasteiger partial charge is 0.192 e. The molecule has 0 saturated heterocycles. The van der Waals surface area contributed by atoms with Crippen LogP contribution in [0, 0.1) is 0 Å². The van der Waals surface area contributed by atoms with Gasteiger partial charge >= 0.3 is 0 Å². The van der Waals surface area contributed by atoms with Gasteiger partial charge < -0.3 is 20.5 Å². The fourth-order valence-electron chi connectivity index (χ4n) is 2.31. The minimum Gasteiger partial charge on any atom is -0.504 e. The summed E-state index contributed by atoms with van der Waals surface area (Å²) in [6, 6.07) is 5.77. The third-order valence-corrected chi connectivity index (χ3v) is 3.17. The minimum atomic E-state index is 0.0850. The fourth-order valence-corrected chi connectivity index (χ4v) is 2.31. The Balaban J connectivity index is 2.30. The Morgan fingerprint density at radius 1 is 1.50 bits per heavy atom. The molecule has 2 rings (SSSR count). The second kappa shape index (κ2) is 4.76. The number of aromatic hydroxyl groups is 1. The topological polar surface area (TPSA) is 71.1 Å². The number of aliphatic imine (C=N–C) groups is 1. The molecule has 1 aromatic carbocycles. The fraction of sp³-hybridized carbons (Fsp3) is 0.462. The average Bonchev–Trinajstić information content (AvgIpc) is 2.71. The Kier molecular flexibility index (Phi) is 3.32. The summed E-state index contributed by atoms with van der Waals surface area (Å²) in [6.45, 7) is 4.77. The van der Waals surface area contributed by atoms with Crippen LogP contribution in [0.4, 0.5) is 0 Å². The molecule has 0 aromatic heterocycles. The summed E-state index contributed by atoms with van der Waals surface area (Å²) >= 11 is 0. The van der Waals surface area contributed by atoms with Crippen molar-refractivity contribution in [2.24, 2.45) is 10.7 Å². The molecule has 0 saturated carbocycles. The van der Waals surface area contributed by atoms with Gasteiger partial charge in [-0.3, -0.25) is 4.99 Å². The first-order chi connectivity index (χ1) is 8.54. The molecule has 0 aliphatic carbocycles. The first kappa shape index (κ1) is 12.5. The van der Waals surface area contributed by atoms with E-state index < -0.39 is 0 Å². The van der Waals surface area contributed by atoms with Crippen LogP contribution in [0.3, 0.4) is 0 Å². The number of hydrogen-bond donors (Lipinski definition) is 2. The molecular formula is C13H19N3O2. The summed E-state index contributed by atoms with van der Waals surface area (Å²) in [5.74, 6) is 1.18. The van der Waals surface area contributed by atoms with Gasteiger partial charge in [-0.15, -0.1) is 0 Å². The van der Waals surface area contributed by atoms with Crippen molar-refractivity contribution >= 4 is 5.96 Å². The Morgan fingerprint density at radius 3 is 2.78 bits per heavy atom. The molecule has 1 aliphatic rings. The van der Waals surface area contributed by atoms with E-state index in [1.54, 1.807) is 12.1 Å². The monoisotopic (exact) mass is 249 g/mol. The number of nitrogens with two attached hydrogens (primary N) is 1. The summed E-state index contributed by atoms with van der Waals surface area (Å²) in [7, 11) is 1.53. The van der Waals surface area contributed by atoms with Gasteiger partial charge in [-0.2, -0.15) is 0 Å². The predicted octanol–water partition coefficient (Wildman–Crippen LogP) is 1.48. The van der Waals surface area contributed by atoms with E-state index in [2.05, 4.69) is 23.7 Å². The van der Waals surface area contributed by atoms with Crippen molar-refractivity contribution in [2.75, 3.05) is 13.7 Å². The zero-order valence-electron chi connectivity index (χ0n) is 10.9. The quantitative estimate of drug-likeness (QED) is 0.851. The second-order valence-electron chi connectivity index (χ2n) is 4.65. The van der Waals surface area contributed by atoms with Gasteiger partial charge in [-0.25, -0.2) is 0 Å². The summed E-state index contributed by atoms with van der Waals surface area (Å²) < 4.78 is 5.04. The van der Waals surface area contributed by atoms with Gasteiger partial charge in [0.2, 0.25) is 0 Å². The maximum atomic E-state index is 9.83. The predicted molar refractivity (Wildman–Crippen MR) is 70.9 cm³/mol. The SMILES string of the molecule is COc1ccc(C2CN=C(N)N2C(C)C)cc1O. The molecule has 18 heavy (non-hydrogen) atoms. The lowest BCUT2D eigenvalue weighted by Crippen LogP contribution is -2.40. The van der Waals surface area contributed by atoms with Crippen LogP contribution in [0.5, 0.6) is 11.5 Å². The standard InChI is InChI=1S/C13H19N3O2/c1-8(2)16-10(7-15-13(16)14)9-4-5-12(18-3)11(17)6-9/h4-6,8,10,17H,7H2,1-3H3,(H2,14,15). The van der Waals surface area contributed by atoms with E-state index >= 15 is 0 Å². The van der Waals surface area contributed by atoms with Crippen molar-refractivity contribution in [2.45, 2.75) is 25.9 Å². The van der Waals surface area contributed by atoms with Crippen molar-refractivity contribution < 1.29 is 9.84 Å². The van der Waals surface area contributed by atoms with Gasteiger partial charge in [0, 0.05) is 6.04 Å². The van der Waals surface area contributed by atoms with E-state index in [9.17, 15) is 5.11 Å². The van der Waals surface area contributed by atoms with E-state index in [4.69, 9.17) is 10.5 Å². The number of ether oxygens (including phenoxy) is 1. The highest BCUT2D eigenvalue weighted by Gasteiger charge is 2.29. The maximum Gasteiger partial charge on any atom is 0.192 e. The Morgan fingerprint density at radius 2 is 2.22 bits per heavy atom. The van der Waals surface area contributed by atoms with Crippen molar-refractivity contribution in [1.82, 2.24) is 4.90 Å². The molecule has 5 nitrogen and oxygen atoms in total. The molecule has 1 aromatic rings. The van der Waals surface area contributed by atoms with E-state index in [-0.39, 0.29) is 17.8 Å². The lowest BCUT2D eigenvalue weighted by molar-refractivity contribution is 0.289. The van der Waals surface area contributed by atoms with Crippen LogP contribution in [0.25, 0.3) is 0 Å². The van der Waals surface area contributed by atoms with E-state index in [1.807, 2.05) is 6.07 Å². The maximum absolute atomic E-state index is 9.83. The summed E-state index contributed by atoms with van der Waals surface area (Å²) in [5.41, 5.74) is 6.88. The average molecular weight is 249 g/mol. The lowest BCUT2D eigenvalue weighted by atomic mass is 10.0.